The molecule has 1 unspecified atom stereocenters. The van der Waals surface area contributed by atoms with E-state index in [-0.39, 0.29) is 40.9 Å². The molecular formula is C24H31F4N5O. The molecule has 186 valence electrons. The fraction of sp³-hybridized carbons (Fsp3) is 0.583. The zero-order valence-electron chi connectivity index (χ0n) is 19.9. The molecule has 2 aromatic rings. The first kappa shape index (κ1) is 24.5. The third kappa shape index (κ3) is 4.92. The minimum Gasteiger partial charge on any atom is -0.462 e. The third-order valence-corrected chi connectivity index (χ3v) is 6.76. The van der Waals surface area contributed by atoms with Crippen LogP contribution in [0.3, 0.4) is 0 Å². The Balaban J connectivity index is 1.77. The van der Waals surface area contributed by atoms with E-state index < -0.39 is 17.6 Å². The Morgan fingerprint density at radius 1 is 1.15 bits per heavy atom. The van der Waals surface area contributed by atoms with Gasteiger partial charge in [-0.2, -0.15) is 23.1 Å². The monoisotopic (exact) mass is 481 g/mol. The van der Waals surface area contributed by atoms with Crippen LogP contribution >= 0.6 is 0 Å². The second-order valence-corrected chi connectivity index (χ2v) is 9.30. The molecule has 4 rings (SSSR count). The van der Waals surface area contributed by atoms with Gasteiger partial charge < -0.3 is 19.4 Å². The molecule has 2 aliphatic rings. The number of ether oxygens (including phenoxy) is 1. The maximum absolute atomic E-state index is 15.0. The maximum atomic E-state index is 15.0. The number of allylic oxidation sites excluding steroid dienone is 1. The van der Waals surface area contributed by atoms with Crippen LogP contribution in [0.5, 0.6) is 6.01 Å². The van der Waals surface area contributed by atoms with Gasteiger partial charge >= 0.3 is 12.2 Å². The van der Waals surface area contributed by atoms with E-state index in [0.29, 0.717) is 25.8 Å². The summed E-state index contributed by atoms with van der Waals surface area (Å²) in [6.45, 7) is 8.44. The first-order chi connectivity index (χ1) is 16.1. The molecule has 0 N–H and O–H groups in total. The van der Waals surface area contributed by atoms with Crippen molar-refractivity contribution in [3.8, 4) is 6.01 Å². The summed E-state index contributed by atoms with van der Waals surface area (Å²) in [5, 5.41) is 0.0381. The van der Waals surface area contributed by atoms with E-state index in [9.17, 15) is 17.6 Å². The van der Waals surface area contributed by atoms with Crippen LogP contribution in [0.4, 0.5) is 23.4 Å². The smallest absolute Gasteiger partial charge is 0.416 e. The Morgan fingerprint density at radius 3 is 2.56 bits per heavy atom. The first-order valence-corrected chi connectivity index (χ1v) is 11.6. The molecule has 0 saturated carbocycles. The van der Waals surface area contributed by atoms with Gasteiger partial charge in [0.25, 0.3) is 0 Å². The zero-order valence-corrected chi connectivity index (χ0v) is 19.9. The van der Waals surface area contributed by atoms with E-state index in [1.165, 1.54) is 0 Å². The number of halogens is 4. The van der Waals surface area contributed by atoms with Gasteiger partial charge in [0, 0.05) is 36.6 Å². The van der Waals surface area contributed by atoms with E-state index in [1.807, 2.05) is 45.0 Å². The molecule has 2 fully saturated rings. The number of anilines is 1. The fourth-order valence-electron chi connectivity index (χ4n) is 4.81. The molecule has 0 bridgehead atoms. The lowest BCUT2D eigenvalue weighted by atomic mass is 10.1. The van der Waals surface area contributed by atoms with Gasteiger partial charge in [0.05, 0.1) is 5.56 Å². The van der Waals surface area contributed by atoms with Crippen molar-refractivity contribution in [2.24, 2.45) is 0 Å². The Bertz CT molecular complexity index is 1060. The highest BCUT2D eigenvalue weighted by molar-refractivity contribution is 5.91. The Hall–Kier alpha value is -2.62. The van der Waals surface area contributed by atoms with Gasteiger partial charge in [-0.25, -0.2) is 4.39 Å². The Labute approximate surface area is 197 Å². The number of alkyl halides is 3. The Morgan fingerprint density at radius 2 is 1.91 bits per heavy atom. The molecule has 10 heteroatoms. The standard InChI is InChI=1S/C24H31F4N5O/c1-5-8-32-12-16(3)33(13-15(32)2)22-19-10-17(24(26,27)28)11-20(25)21(19)29-23(30-22)34-14-18-7-6-9-31(18)4/h5,8,10-11,15-16,18H,6-7,9,12-14H2,1-4H3/t15?,16-,18-/m0/s1. The van der Waals surface area contributed by atoms with Gasteiger partial charge in [0.1, 0.15) is 23.8 Å². The van der Waals surface area contributed by atoms with Crippen molar-refractivity contribution in [2.75, 3.05) is 38.2 Å². The highest BCUT2D eigenvalue weighted by atomic mass is 19.4. The van der Waals surface area contributed by atoms with E-state index >= 15 is 0 Å². The lowest BCUT2D eigenvalue weighted by Crippen LogP contribution is -2.55. The van der Waals surface area contributed by atoms with Crippen LogP contribution in [0.15, 0.2) is 24.4 Å². The van der Waals surface area contributed by atoms with Crippen LogP contribution in [0.25, 0.3) is 10.9 Å². The fourth-order valence-corrected chi connectivity index (χ4v) is 4.81. The molecule has 34 heavy (non-hydrogen) atoms. The lowest BCUT2D eigenvalue weighted by Gasteiger charge is -2.44. The van der Waals surface area contributed by atoms with Gasteiger partial charge in [-0.1, -0.05) is 6.08 Å². The van der Waals surface area contributed by atoms with Gasteiger partial charge in [-0.15, -0.1) is 0 Å². The summed E-state index contributed by atoms with van der Waals surface area (Å²) in [5.41, 5.74) is -1.22. The average molecular weight is 482 g/mol. The maximum Gasteiger partial charge on any atom is 0.416 e. The van der Waals surface area contributed by atoms with Gasteiger partial charge in [0.15, 0.2) is 0 Å². The molecule has 1 aromatic carbocycles. The Kier molecular flexibility index (Phi) is 6.89. The average Bonchev–Trinajstić information content (AvgIpc) is 3.18. The molecule has 0 amide bonds. The van der Waals surface area contributed by atoms with E-state index in [4.69, 9.17) is 4.74 Å². The SMILES string of the molecule is CC=CN1C[C@H](C)N(c2nc(OC[C@@H]3CCCN3C)nc3c(F)cc(C(F)(F)F)cc23)CC1C. The molecule has 1 aromatic heterocycles. The van der Waals surface area contributed by atoms with Crippen molar-refractivity contribution in [3.05, 3.63) is 35.8 Å². The molecule has 0 radical (unpaired) electrons. The van der Waals surface area contributed by atoms with Crippen LogP contribution in [-0.2, 0) is 6.18 Å². The highest BCUT2D eigenvalue weighted by Gasteiger charge is 2.35. The molecular weight excluding hydrogens is 450 g/mol. The zero-order chi connectivity index (χ0) is 24.6. The molecule has 2 saturated heterocycles. The molecule has 3 heterocycles. The first-order valence-electron chi connectivity index (χ1n) is 11.6. The molecule has 0 aliphatic carbocycles. The van der Waals surface area contributed by atoms with Crippen molar-refractivity contribution < 1.29 is 22.3 Å². The molecule has 2 aliphatic heterocycles. The normalized spacial score (nSPS) is 24.5. The molecule has 0 spiro atoms. The predicted molar refractivity (Wildman–Crippen MR) is 123 cm³/mol. The summed E-state index contributed by atoms with van der Waals surface area (Å²) in [7, 11) is 2.01. The number of piperazine rings is 1. The summed E-state index contributed by atoms with van der Waals surface area (Å²) in [6.07, 6.45) is 1.31. The largest absolute Gasteiger partial charge is 0.462 e. The number of likely N-dealkylation sites (tertiary alicyclic amines) is 1. The number of likely N-dealkylation sites (N-methyl/N-ethyl adjacent to an activating group) is 1. The van der Waals surface area contributed by atoms with Gasteiger partial charge in [-0.3, -0.25) is 0 Å². The van der Waals surface area contributed by atoms with Crippen molar-refractivity contribution in [1.29, 1.82) is 0 Å². The molecule has 3 atom stereocenters. The highest BCUT2D eigenvalue weighted by Crippen LogP contribution is 2.37. The lowest BCUT2D eigenvalue weighted by molar-refractivity contribution is -0.137. The van der Waals surface area contributed by atoms with Crippen LogP contribution in [0.1, 0.15) is 39.2 Å². The van der Waals surface area contributed by atoms with Crippen LogP contribution < -0.4 is 9.64 Å². The van der Waals surface area contributed by atoms with E-state index in [0.717, 1.165) is 25.5 Å². The number of rotatable bonds is 5. The van der Waals surface area contributed by atoms with Crippen molar-refractivity contribution >= 4 is 16.7 Å². The summed E-state index contributed by atoms with van der Waals surface area (Å²) < 4.78 is 61.3. The van der Waals surface area contributed by atoms with Crippen LogP contribution in [0.2, 0.25) is 0 Å². The number of nitrogens with zero attached hydrogens (tertiary/aromatic N) is 5. The minimum atomic E-state index is -4.68. The second-order valence-electron chi connectivity index (χ2n) is 9.30. The number of aromatic nitrogens is 2. The number of fused-ring (bicyclic) bond motifs is 1. The third-order valence-electron chi connectivity index (χ3n) is 6.76. The van der Waals surface area contributed by atoms with E-state index in [1.54, 1.807) is 0 Å². The number of hydrogen-bond donors (Lipinski definition) is 0. The minimum absolute atomic E-state index is 0.0165. The van der Waals surface area contributed by atoms with Gasteiger partial charge in [-0.05, 0) is 65.5 Å². The van der Waals surface area contributed by atoms with Crippen molar-refractivity contribution in [2.45, 2.75) is 57.9 Å². The van der Waals surface area contributed by atoms with Crippen LogP contribution in [-0.4, -0.2) is 71.2 Å². The summed E-state index contributed by atoms with van der Waals surface area (Å²) >= 11 is 0. The summed E-state index contributed by atoms with van der Waals surface area (Å²) in [6, 6.07) is 1.63. The van der Waals surface area contributed by atoms with E-state index in [2.05, 4.69) is 19.8 Å². The quantitative estimate of drug-likeness (QED) is 0.578. The van der Waals surface area contributed by atoms with Crippen molar-refractivity contribution in [1.82, 2.24) is 19.8 Å². The second kappa shape index (κ2) is 9.56. The summed E-state index contributed by atoms with van der Waals surface area (Å²) in [4.78, 5) is 15.0. The van der Waals surface area contributed by atoms with Gasteiger partial charge in [0.2, 0.25) is 0 Å². The van der Waals surface area contributed by atoms with Crippen LogP contribution in [0, 0.1) is 5.82 Å². The topological polar surface area (TPSA) is 44.7 Å². The van der Waals surface area contributed by atoms with Crippen molar-refractivity contribution in [3.63, 3.8) is 0 Å². The number of benzene rings is 1. The summed E-state index contributed by atoms with van der Waals surface area (Å²) in [5.74, 6) is -0.770. The predicted octanol–water partition coefficient (Wildman–Crippen LogP) is 4.69. The number of hydrogen-bond acceptors (Lipinski definition) is 6. The molecule has 6 nitrogen and oxygen atoms in total.